The molecule has 23 heavy (non-hydrogen) atoms. The number of nitrogens with zero attached hydrogens (tertiary/aromatic N) is 1. The molecule has 3 aromatic rings. The highest BCUT2D eigenvalue weighted by atomic mass is 16.1. The fourth-order valence-corrected chi connectivity index (χ4v) is 3.00. The van der Waals surface area contributed by atoms with E-state index in [1.54, 1.807) is 6.07 Å². The van der Waals surface area contributed by atoms with Crippen molar-refractivity contribution in [3.05, 3.63) is 106 Å². The molecule has 2 aromatic carbocycles. The summed E-state index contributed by atoms with van der Waals surface area (Å²) in [5.41, 5.74) is 3.69. The standard InChI is InChI=1S/C21H21NO/c1-2-15-22-16-19(13-14-20(22)23)21(17-9-5-3-6-10-17)18-11-7-4-8-12-18/h3-14,16,21H,2,15H2,1H3. The lowest BCUT2D eigenvalue weighted by molar-refractivity contribution is 0.647. The lowest BCUT2D eigenvalue weighted by Gasteiger charge is -2.20. The van der Waals surface area contributed by atoms with Crippen molar-refractivity contribution in [1.82, 2.24) is 4.57 Å². The molecule has 0 unspecified atom stereocenters. The van der Waals surface area contributed by atoms with Crippen LogP contribution in [0.5, 0.6) is 0 Å². The average Bonchev–Trinajstić information content (AvgIpc) is 2.60. The van der Waals surface area contributed by atoms with E-state index in [9.17, 15) is 4.79 Å². The fraction of sp³-hybridized carbons (Fsp3) is 0.190. The summed E-state index contributed by atoms with van der Waals surface area (Å²) in [5.74, 6) is 0.140. The van der Waals surface area contributed by atoms with Gasteiger partial charge in [0.1, 0.15) is 0 Å². The van der Waals surface area contributed by atoms with Crippen molar-refractivity contribution in [2.45, 2.75) is 25.8 Å². The van der Waals surface area contributed by atoms with E-state index in [-0.39, 0.29) is 11.5 Å². The highest BCUT2D eigenvalue weighted by Gasteiger charge is 2.17. The van der Waals surface area contributed by atoms with Gasteiger partial charge >= 0.3 is 0 Å². The van der Waals surface area contributed by atoms with Gasteiger partial charge < -0.3 is 4.57 Å². The van der Waals surface area contributed by atoms with E-state index in [2.05, 4.69) is 55.5 Å². The molecule has 0 aliphatic heterocycles. The Kier molecular flexibility index (Phi) is 4.72. The van der Waals surface area contributed by atoms with Crippen LogP contribution in [0.25, 0.3) is 0 Å². The molecule has 0 radical (unpaired) electrons. The molecule has 3 rings (SSSR count). The maximum absolute atomic E-state index is 12.0. The van der Waals surface area contributed by atoms with Gasteiger partial charge in [-0.25, -0.2) is 0 Å². The molecule has 0 aliphatic carbocycles. The van der Waals surface area contributed by atoms with Gasteiger partial charge in [0, 0.05) is 24.7 Å². The smallest absolute Gasteiger partial charge is 0.250 e. The van der Waals surface area contributed by atoms with Crippen molar-refractivity contribution in [3.63, 3.8) is 0 Å². The summed E-state index contributed by atoms with van der Waals surface area (Å²) < 4.78 is 1.81. The van der Waals surface area contributed by atoms with Crippen LogP contribution in [0.2, 0.25) is 0 Å². The van der Waals surface area contributed by atoms with Gasteiger partial charge in [-0.15, -0.1) is 0 Å². The predicted octanol–water partition coefficient (Wildman–Crippen LogP) is 4.44. The number of aryl methyl sites for hydroxylation is 1. The third-order valence-electron chi connectivity index (χ3n) is 4.07. The van der Waals surface area contributed by atoms with E-state index in [0.717, 1.165) is 18.5 Å². The van der Waals surface area contributed by atoms with Crippen LogP contribution in [0.1, 0.15) is 36.0 Å². The van der Waals surface area contributed by atoms with Crippen molar-refractivity contribution in [2.75, 3.05) is 0 Å². The Morgan fingerprint density at radius 3 is 1.87 bits per heavy atom. The predicted molar refractivity (Wildman–Crippen MR) is 94.8 cm³/mol. The van der Waals surface area contributed by atoms with Gasteiger partial charge in [0.2, 0.25) is 0 Å². The lowest BCUT2D eigenvalue weighted by atomic mass is 9.86. The maximum Gasteiger partial charge on any atom is 0.250 e. The Bertz CT molecular complexity index is 767. The van der Waals surface area contributed by atoms with Gasteiger partial charge in [-0.3, -0.25) is 4.79 Å². The zero-order chi connectivity index (χ0) is 16.1. The van der Waals surface area contributed by atoms with Crippen molar-refractivity contribution >= 4 is 0 Å². The van der Waals surface area contributed by atoms with E-state index >= 15 is 0 Å². The van der Waals surface area contributed by atoms with E-state index < -0.39 is 0 Å². The third kappa shape index (κ3) is 3.42. The van der Waals surface area contributed by atoms with Crippen molar-refractivity contribution in [1.29, 1.82) is 0 Å². The summed E-state index contributed by atoms with van der Waals surface area (Å²) >= 11 is 0. The molecule has 0 aliphatic rings. The molecule has 2 nitrogen and oxygen atoms in total. The summed E-state index contributed by atoms with van der Waals surface area (Å²) in [6, 6.07) is 24.5. The van der Waals surface area contributed by atoms with Crippen LogP contribution in [-0.4, -0.2) is 4.57 Å². The van der Waals surface area contributed by atoms with Crippen LogP contribution in [0.4, 0.5) is 0 Å². The molecule has 0 spiro atoms. The Labute approximate surface area is 137 Å². The first-order valence-electron chi connectivity index (χ1n) is 8.10. The Morgan fingerprint density at radius 2 is 1.35 bits per heavy atom. The second kappa shape index (κ2) is 7.10. The molecule has 0 fully saturated rings. The summed E-state index contributed by atoms with van der Waals surface area (Å²) in [7, 11) is 0. The number of benzene rings is 2. The largest absolute Gasteiger partial charge is 0.315 e. The number of hydrogen-bond acceptors (Lipinski definition) is 1. The van der Waals surface area contributed by atoms with Crippen LogP contribution < -0.4 is 5.56 Å². The summed E-state index contributed by atoms with van der Waals surface area (Å²) in [5, 5.41) is 0. The maximum atomic E-state index is 12.0. The highest BCUT2D eigenvalue weighted by Crippen LogP contribution is 2.31. The first-order valence-corrected chi connectivity index (χ1v) is 8.10. The van der Waals surface area contributed by atoms with Gasteiger partial charge in [0.05, 0.1) is 0 Å². The van der Waals surface area contributed by atoms with E-state index in [1.807, 2.05) is 29.0 Å². The lowest BCUT2D eigenvalue weighted by Crippen LogP contribution is -2.20. The summed E-state index contributed by atoms with van der Waals surface area (Å²) in [4.78, 5) is 12.0. The Balaban J connectivity index is 2.13. The monoisotopic (exact) mass is 303 g/mol. The molecule has 0 bridgehead atoms. The molecule has 0 N–H and O–H groups in total. The molecule has 0 amide bonds. The molecule has 2 heteroatoms. The molecule has 1 heterocycles. The van der Waals surface area contributed by atoms with Gasteiger partial charge in [-0.1, -0.05) is 73.7 Å². The van der Waals surface area contributed by atoms with Crippen LogP contribution >= 0.6 is 0 Å². The van der Waals surface area contributed by atoms with E-state index in [4.69, 9.17) is 0 Å². The molecule has 1 aromatic heterocycles. The second-order valence-electron chi connectivity index (χ2n) is 5.75. The molecule has 0 saturated heterocycles. The number of pyridine rings is 1. The molecule has 116 valence electrons. The van der Waals surface area contributed by atoms with Gasteiger partial charge in [0.15, 0.2) is 0 Å². The quantitative estimate of drug-likeness (QED) is 0.683. The van der Waals surface area contributed by atoms with Crippen LogP contribution in [-0.2, 0) is 6.54 Å². The minimum absolute atomic E-state index is 0.0653. The second-order valence-corrected chi connectivity index (χ2v) is 5.75. The molecular weight excluding hydrogens is 282 g/mol. The van der Waals surface area contributed by atoms with Gasteiger partial charge in [0.25, 0.3) is 5.56 Å². The topological polar surface area (TPSA) is 22.0 Å². The van der Waals surface area contributed by atoms with Crippen LogP contribution in [0.3, 0.4) is 0 Å². The SMILES string of the molecule is CCCn1cc(C(c2ccccc2)c2ccccc2)ccc1=O. The highest BCUT2D eigenvalue weighted by molar-refractivity contribution is 5.41. The van der Waals surface area contributed by atoms with Crippen LogP contribution in [0.15, 0.2) is 83.8 Å². The number of rotatable bonds is 5. The Morgan fingerprint density at radius 1 is 0.783 bits per heavy atom. The minimum Gasteiger partial charge on any atom is -0.315 e. The molecule has 0 atom stereocenters. The van der Waals surface area contributed by atoms with Crippen LogP contribution in [0, 0.1) is 0 Å². The number of hydrogen-bond donors (Lipinski definition) is 0. The zero-order valence-corrected chi connectivity index (χ0v) is 13.4. The van der Waals surface area contributed by atoms with Crippen molar-refractivity contribution in [2.24, 2.45) is 0 Å². The molecule has 0 saturated carbocycles. The number of aromatic nitrogens is 1. The average molecular weight is 303 g/mol. The van der Waals surface area contributed by atoms with Crippen molar-refractivity contribution < 1.29 is 0 Å². The summed E-state index contributed by atoms with van der Waals surface area (Å²) in [6.07, 6.45) is 2.96. The van der Waals surface area contributed by atoms with Gasteiger partial charge in [-0.2, -0.15) is 0 Å². The first kappa shape index (κ1) is 15.3. The minimum atomic E-state index is 0.0653. The van der Waals surface area contributed by atoms with E-state index in [1.165, 1.54) is 11.1 Å². The normalized spacial score (nSPS) is 10.9. The van der Waals surface area contributed by atoms with Crippen molar-refractivity contribution in [3.8, 4) is 0 Å². The Hall–Kier alpha value is -2.61. The fourth-order valence-electron chi connectivity index (χ4n) is 3.00. The first-order chi connectivity index (χ1) is 11.3. The van der Waals surface area contributed by atoms with Gasteiger partial charge in [-0.05, 0) is 23.1 Å². The zero-order valence-electron chi connectivity index (χ0n) is 13.4. The third-order valence-corrected chi connectivity index (χ3v) is 4.07. The summed E-state index contributed by atoms with van der Waals surface area (Å²) in [6.45, 7) is 2.84. The molecular formula is C21H21NO. The van der Waals surface area contributed by atoms with E-state index in [0.29, 0.717) is 0 Å².